The molecule has 0 aliphatic rings. The van der Waals surface area contributed by atoms with Crippen LogP contribution in [0.25, 0.3) is 22.8 Å². The van der Waals surface area contributed by atoms with Crippen molar-refractivity contribution in [3.05, 3.63) is 36.4 Å². The SMILES string of the molecule is CC(C)S(=O)(=O)c1ccc(-c2cnc(N)c(-c3nnc(CC(N)=O)o3)n2)cc1. The predicted octanol–water partition coefficient (Wildman–Crippen LogP) is 0.986. The van der Waals surface area contributed by atoms with Gasteiger partial charge in [0.25, 0.3) is 5.89 Å². The molecular weight excluding hydrogens is 384 g/mol. The Kier molecular flexibility index (Phi) is 5.10. The zero-order valence-corrected chi connectivity index (χ0v) is 16.0. The largest absolute Gasteiger partial charge is 0.419 e. The van der Waals surface area contributed by atoms with Gasteiger partial charge in [0, 0.05) is 5.56 Å². The first kappa shape index (κ1) is 19.4. The van der Waals surface area contributed by atoms with Gasteiger partial charge in [-0.25, -0.2) is 18.4 Å². The van der Waals surface area contributed by atoms with E-state index in [9.17, 15) is 13.2 Å². The van der Waals surface area contributed by atoms with Crippen molar-refractivity contribution in [2.45, 2.75) is 30.4 Å². The van der Waals surface area contributed by atoms with Gasteiger partial charge in [-0.05, 0) is 26.0 Å². The molecule has 10 nitrogen and oxygen atoms in total. The quantitative estimate of drug-likeness (QED) is 0.610. The highest BCUT2D eigenvalue weighted by Crippen LogP contribution is 2.26. The fourth-order valence-corrected chi connectivity index (χ4v) is 3.41. The number of nitrogens with two attached hydrogens (primary N) is 2. The summed E-state index contributed by atoms with van der Waals surface area (Å²) in [5.74, 6) is -0.504. The summed E-state index contributed by atoms with van der Waals surface area (Å²) in [5, 5.41) is 7.02. The van der Waals surface area contributed by atoms with Crippen LogP contribution in [0.15, 0.2) is 39.8 Å². The second-order valence-electron chi connectivity index (χ2n) is 6.25. The third-order valence-electron chi connectivity index (χ3n) is 3.89. The summed E-state index contributed by atoms with van der Waals surface area (Å²) in [6.45, 7) is 3.25. The number of sulfone groups is 1. The number of hydrogen-bond acceptors (Lipinski definition) is 9. The zero-order chi connectivity index (χ0) is 20.5. The van der Waals surface area contributed by atoms with Crippen LogP contribution in [0.2, 0.25) is 0 Å². The van der Waals surface area contributed by atoms with Crippen molar-refractivity contribution in [2.75, 3.05) is 5.73 Å². The van der Waals surface area contributed by atoms with Gasteiger partial charge in [-0.15, -0.1) is 10.2 Å². The summed E-state index contributed by atoms with van der Waals surface area (Å²) in [7, 11) is -3.37. The number of primary amides is 1. The molecule has 0 fully saturated rings. The Bertz CT molecular complexity index is 1120. The monoisotopic (exact) mass is 402 g/mol. The van der Waals surface area contributed by atoms with Crippen molar-refractivity contribution < 1.29 is 17.6 Å². The number of carbonyl (C=O) groups is 1. The van der Waals surface area contributed by atoms with E-state index in [2.05, 4.69) is 20.2 Å². The standard InChI is InChI=1S/C17H18N6O4S/c1-9(2)28(25,26)11-5-3-10(4-6-11)12-8-20-16(19)15(21-12)17-23-22-14(27-17)7-13(18)24/h3-6,8-9H,7H2,1-2H3,(H2,18,24)(H2,19,20). The number of aromatic nitrogens is 4. The number of nitrogens with zero attached hydrogens (tertiary/aromatic N) is 4. The van der Waals surface area contributed by atoms with Gasteiger partial charge in [0.15, 0.2) is 21.3 Å². The van der Waals surface area contributed by atoms with E-state index < -0.39 is 21.0 Å². The van der Waals surface area contributed by atoms with Crippen LogP contribution >= 0.6 is 0 Å². The van der Waals surface area contributed by atoms with Crippen molar-refractivity contribution in [3.8, 4) is 22.8 Å². The van der Waals surface area contributed by atoms with E-state index in [1.54, 1.807) is 26.0 Å². The second kappa shape index (κ2) is 7.35. The third kappa shape index (κ3) is 3.83. The van der Waals surface area contributed by atoms with Crippen LogP contribution < -0.4 is 11.5 Å². The lowest BCUT2D eigenvalue weighted by Crippen LogP contribution is -2.13. The minimum absolute atomic E-state index is 0.00195. The molecule has 0 aliphatic heterocycles. The van der Waals surface area contributed by atoms with E-state index in [-0.39, 0.29) is 34.6 Å². The highest BCUT2D eigenvalue weighted by atomic mass is 32.2. The van der Waals surface area contributed by atoms with Crippen LogP contribution in [0.5, 0.6) is 0 Å². The lowest BCUT2D eigenvalue weighted by atomic mass is 10.1. The maximum absolute atomic E-state index is 12.2. The number of nitrogen functional groups attached to an aromatic ring is 1. The van der Waals surface area contributed by atoms with Gasteiger partial charge >= 0.3 is 0 Å². The van der Waals surface area contributed by atoms with Gasteiger partial charge in [-0.1, -0.05) is 12.1 Å². The molecule has 2 heterocycles. The van der Waals surface area contributed by atoms with Crippen molar-refractivity contribution >= 4 is 21.6 Å². The third-order valence-corrected chi connectivity index (χ3v) is 6.07. The molecule has 1 amide bonds. The number of carbonyl (C=O) groups excluding carboxylic acids is 1. The number of benzene rings is 1. The van der Waals surface area contributed by atoms with Gasteiger partial charge in [-0.3, -0.25) is 4.79 Å². The Labute approximate surface area is 160 Å². The number of rotatable bonds is 6. The van der Waals surface area contributed by atoms with Gasteiger partial charge in [-0.2, -0.15) is 0 Å². The maximum Gasteiger partial charge on any atom is 0.270 e. The molecule has 2 aromatic heterocycles. The van der Waals surface area contributed by atoms with Gasteiger partial charge in [0.05, 0.1) is 22.0 Å². The topological polar surface area (TPSA) is 168 Å². The number of amides is 1. The van der Waals surface area contributed by atoms with Gasteiger partial charge < -0.3 is 15.9 Å². The average Bonchev–Trinajstić information content (AvgIpc) is 3.09. The van der Waals surface area contributed by atoms with E-state index in [4.69, 9.17) is 15.9 Å². The Morgan fingerprint density at radius 2 is 1.86 bits per heavy atom. The van der Waals surface area contributed by atoms with Crippen molar-refractivity contribution in [1.29, 1.82) is 0 Å². The molecule has 1 aromatic carbocycles. The molecule has 0 saturated carbocycles. The molecule has 0 aliphatic carbocycles. The van der Waals surface area contributed by atoms with Crippen LogP contribution in [0.1, 0.15) is 19.7 Å². The molecule has 3 aromatic rings. The van der Waals surface area contributed by atoms with Crippen LogP contribution in [0.4, 0.5) is 5.82 Å². The average molecular weight is 402 g/mol. The number of hydrogen-bond donors (Lipinski definition) is 2. The minimum atomic E-state index is -3.37. The summed E-state index contributed by atoms with van der Waals surface area (Å²) < 4.78 is 29.8. The maximum atomic E-state index is 12.2. The summed E-state index contributed by atoms with van der Waals surface area (Å²) in [4.78, 5) is 19.6. The highest BCUT2D eigenvalue weighted by Gasteiger charge is 2.20. The number of anilines is 1. The van der Waals surface area contributed by atoms with Crippen LogP contribution in [-0.2, 0) is 21.1 Å². The van der Waals surface area contributed by atoms with Crippen LogP contribution in [0.3, 0.4) is 0 Å². The molecule has 0 radical (unpaired) electrons. The Hall–Kier alpha value is -3.34. The van der Waals surface area contributed by atoms with E-state index in [1.807, 2.05) is 0 Å². The molecule has 11 heteroatoms. The molecule has 146 valence electrons. The van der Waals surface area contributed by atoms with Crippen LogP contribution in [0, 0.1) is 0 Å². The molecule has 0 saturated heterocycles. The summed E-state index contributed by atoms with van der Waals surface area (Å²) in [6, 6.07) is 6.29. The lowest BCUT2D eigenvalue weighted by molar-refractivity contribution is -0.117. The molecule has 3 rings (SSSR count). The van der Waals surface area contributed by atoms with E-state index in [0.717, 1.165) is 0 Å². The van der Waals surface area contributed by atoms with Crippen molar-refractivity contribution in [2.24, 2.45) is 5.73 Å². The minimum Gasteiger partial charge on any atom is -0.419 e. The van der Waals surface area contributed by atoms with Crippen molar-refractivity contribution in [3.63, 3.8) is 0 Å². The fourth-order valence-electron chi connectivity index (χ4n) is 2.35. The Morgan fingerprint density at radius 3 is 2.46 bits per heavy atom. The summed E-state index contributed by atoms with van der Waals surface area (Å²) in [5.41, 5.74) is 12.2. The molecule has 28 heavy (non-hydrogen) atoms. The first-order valence-corrected chi connectivity index (χ1v) is 9.81. The van der Waals surface area contributed by atoms with Gasteiger partial charge in [0.1, 0.15) is 6.42 Å². The molecular formula is C17H18N6O4S. The summed E-state index contributed by atoms with van der Waals surface area (Å²) in [6.07, 6.45) is 1.25. The first-order chi connectivity index (χ1) is 13.2. The molecule has 0 bridgehead atoms. The molecule has 0 spiro atoms. The first-order valence-electron chi connectivity index (χ1n) is 8.26. The van der Waals surface area contributed by atoms with E-state index in [0.29, 0.717) is 11.3 Å². The van der Waals surface area contributed by atoms with E-state index in [1.165, 1.54) is 18.3 Å². The zero-order valence-electron chi connectivity index (χ0n) is 15.2. The Morgan fingerprint density at radius 1 is 1.18 bits per heavy atom. The summed E-state index contributed by atoms with van der Waals surface area (Å²) >= 11 is 0. The highest BCUT2D eigenvalue weighted by molar-refractivity contribution is 7.92. The predicted molar refractivity (Wildman–Crippen MR) is 100 cm³/mol. The van der Waals surface area contributed by atoms with Crippen LogP contribution in [-0.4, -0.2) is 39.7 Å². The van der Waals surface area contributed by atoms with Crippen molar-refractivity contribution in [1.82, 2.24) is 20.2 Å². The lowest BCUT2D eigenvalue weighted by Gasteiger charge is -2.09. The smallest absolute Gasteiger partial charge is 0.270 e. The normalized spacial score (nSPS) is 11.7. The van der Waals surface area contributed by atoms with E-state index >= 15 is 0 Å². The fraction of sp³-hybridized carbons (Fsp3) is 0.235. The molecule has 4 N–H and O–H groups in total. The second-order valence-corrected chi connectivity index (χ2v) is 8.76. The van der Waals surface area contributed by atoms with Gasteiger partial charge in [0.2, 0.25) is 11.8 Å². The molecule has 0 unspecified atom stereocenters. The molecule has 0 atom stereocenters. The Balaban J connectivity index is 1.95.